The van der Waals surface area contributed by atoms with Gasteiger partial charge in [0.05, 0.1) is 0 Å². The fraction of sp³-hybridized carbons (Fsp3) is 1.00. The van der Waals surface area contributed by atoms with Crippen LogP contribution in [0.15, 0.2) is 0 Å². The van der Waals surface area contributed by atoms with E-state index in [-0.39, 0.29) is 0 Å². The molecule has 80 valence electrons. The van der Waals surface area contributed by atoms with E-state index in [4.69, 9.17) is 5.73 Å². The number of unbranched alkanes of at least 4 members (excludes halogenated alkanes) is 1. The van der Waals surface area contributed by atoms with Gasteiger partial charge >= 0.3 is 0 Å². The minimum absolute atomic E-state index is 0.336. The molecule has 0 saturated heterocycles. The average molecular weight is 186 g/mol. The molecule has 0 saturated carbocycles. The summed E-state index contributed by atoms with van der Waals surface area (Å²) in [5, 5.41) is 3.41. The molecule has 2 heteroatoms. The van der Waals surface area contributed by atoms with Crippen LogP contribution in [0.2, 0.25) is 0 Å². The minimum atomic E-state index is 0.336. The Bertz CT molecular complexity index is 88.3. The zero-order chi connectivity index (χ0) is 10.1. The fourth-order valence-electron chi connectivity index (χ4n) is 1.26. The maximum absolute atomic E-state index is 5.63. The predicted octanol–water partition coefficient (Wildman–Crippen LogP) is 2.14. The summed E-state index contributed by atoms with van der Waals surface area (Å²) in [6, 6.07) is 0.336. The average Bonchev–Trinajstić information content (AvgIpc) is 2.01. The smallest absolute Gasteiger partial charge is 0.00225 e. The van der Waals surface area contributed by atoms with Gasteiger partial charge in [-0.25, -0.2) is 0 Å². The number of nitrogens with one attached hydrogen (secondary N) is 1. The standard InChI is InChI=1S/C11H26N2/c1-10(2)6-4-5-8-13-9-7-11(3)12/h10-11,13H,4-9,12H2,1-3H3. The first-order valence-electron chi connectivity index (χ1n) is 5.59. The zero-order valence-electron chi connectivity index (χ0n) is 9.47. The summed E-state index contributed by atoms with van der Waals surface area (Å²) in [5.74, 6) is 0.851. The molecule has 0 radical (unpaired) electrons. The van der Waals surface area contributed by atoms with Crippen LogP contribution in [-0.2, 0) is 0 Å². The van der Waals surface area contributed by atoms with Crippen LogP contribution in [0.5, 0.6) is 0 Å². The molecule has 0 bridgehead atoms. The summed E-state index contributed by atoms with van der Waals surface area (Å²) in [5.41, 5.74) is 5.63. The van der Waals surface area contributed by atoms with Gasteiger partial charge in [-0.3, -0.25) is 0 Å². The second-order valence-corrected chi connectivity index (χ2v) is 4.41. The van der Waals surface area contributed by atoms with Crippen molar-refractivity contribution in [2.24, 2.45) is 11.7 Å². The molecule has 1 atom stereocenters. The third-order valence-corrected chi connectivity index (χ3v) is 2.16. The molecule has 0 spiro atoms. The van der Waals surface area contributed by atoms with Gasteiger partial charge in [-0.05, 0) is 38.8 Å². The second-order valence-electron chi connectivity index (χ2n) is 4.41. The van der Waals surface area contributed by atoms with Crippen molar-refractivity contribution in [1.29, 1.82) is 0 Å². The van der Waals surface area contributed by atoms with Crippen molar-refractivity contribution in [3.63, 3.8) is 0 Å². The molecule has 3 N–H and O–H groups in total. The lowest BCUT2D eigenvalue weighted by atomic mass is 10.1. The highest BCUT2D eigenvalue weighted by atomic mass is 14.8. The topological polar surface area (TPSA) is 38.0 Å². The van der Waals surface area contributed by atoms with Gasteiger partial charge in [0.1, 0.15) is 0 Å². The van der Waals surface area contributed by atoms with Crippen molar-refractivity contribution in [2.75, 3.05) is 13.1 Å². The molecule has 0 aliphatic heterocycles. The molecular weight excluding hydrogens is 160 g/mol. The van der Waals surface area contributed by atoms with Gasteiger partial charge in [0.2, 0.25) is 0 Å². The third kappa shape index (κ3) is 11.9. The Labute approximate surface area is 83.3 Å². The van der Waals surface area contributed by atoms with Crippen molar-refractivity contribution >= 4 is 0 Å². The van der Waals surface area contributed by atoms with Crippen molar-refractivity contribution in [1.82, 2.24) is 5.32 Å². The van der Waals surface area contributed by atoms with Gasteiger partial charge < -0.3 is 11.1 Å². The second kappa shape index (κ2) is 8.52. The zero-order valence-corrected chi connectivity index (χ0v) is 9.47. The molecule has 0 aliphatic rings. The molecule has 0 heterocycles. The molecule has 0 aliphatic carbocycles. The van der Waals surface area contributed by atoms with Crippen LogP contribution >= 0.6 is 0 Å². The van der Waals surface area contributed by atoms with Crippen LogP contribution in [0.1, 0.15) is 46.5 Å². The minimum Gasteiger partial charge on any atom is -0.328 e. The van der Waals surface area contributed by atoms with Crippen LogP contribution in [0.3, 0.4) is 0 Å². The van der Waals surface area contributed by atoms with Crippen LogP contribution in [0, 0.1) is 5.92 Å². The Morgan fingerprint density at radius 2 is 1.69 bits per heavy atom. The Morgan fingerprint density at radius 3 is 2.23 bits per heavy atom. The molecule has 0 fully saturated rings. The maximum Gasteiger partial charge on any atom is 0.00225 e. The highest BCUT2D eigenvalue weighted by molar-refractivity contribution is 4.56. The first-order chi connectivity index (χ1) is 6.13. The largest absolute Gasteiger partial charge is 0.328 e. The van der Waals surface area contributed by atoms with E-state index in [1.54, 1.807) is 0 Å². The summed E-state index contributed by atoms with van der Waals surface area (Å²) in [6.07, 6.45) is 5.10. The van der Waals surface area contributed by atoms with Gasteiger partial charge in [-0.1, -0.05) is 26.7 Å². The van der Waals surface area contributed by atoms with E-state index >= 15 is 0 Å². The number of rotatable bonds is 8. The molecule has 1 unspecified atom stereocenters. The van der Waals surface area contributed by atoms with Crippen molar-refractivity contribution in [3.8, 4) is 0 Å². The Kier molecular flexibility index (Phi) is 8.46. The van der Waals surface area contributed by atoms with Gasteiger partial charge in [0, 0.05) is 6.04 Å². The summed E-state index contributed by atoms with van der Waals surface area (Å²) < 4.78 is 0. The van der Waals surface area contributed by atoms with Crippen molar-refractivity contribution < 1.29 is 0 Å². The van der Waals surface area contributed by atoms with Gasteiger partial charge in [-0.15, -0.1) is 0 Å². The summed E-state index contributed by atoms with van der Waals surface area (Å²) >= 11 is 0. The molecular formula is C11H26N2. The summed E-state index contributed by atoms with van der Waals surface area (Å²) in [4.78, 5) is 0. The lowest BCUT2D eigenvalue weighted by Gasteiger charge is -2.07. The van der Waals surface area contributed by atoms with E-state index in [1.807, 2.05) is 0 Å². The Balaban J connectivity index is 2.92. The summed E-state index contributed by atoms with van der Waals surface area (Å²) in [6.45, 7) is 8.84. The lowest BCUT2D eigenvalue weighted by Crippen LogP contribution is -2.24. The van der Waals surface area contributed by atoms with E-state index in [9.17, 15) is 0 Å². The molecule has 0 aromatic rings. The van der Waals surface area contributed by atoms with Gasteiger partial charge in [0.25, 0.3) is 0 Å². The van der Waals surface area contributed by atoms with E-state index in [1.165, 1.54) is 19.3 Å². The molecule has 0 rings (SSSR count). The van der Waals surface area contributed by atoms with Crippen LogP contribution in [-0.4, -0.2) is 19.1 Å². The molecule has 0 amide bonds. The molecule has 2 nitrogen and oxygen atoms in total. The molecule has 0 aromatic heterocycles. The first kappa shape index (κ1) is 12.9. The Hall–Kier alpha value is -0.0800. The molecule has 0 aromatic carbocycles. The highest BCUT2D eigenvalue weighted by Crippen LogP contribution is 2.04. The van der Waals surface area contributed by atoms with E-state index in [0.717, 1.165) is 25.4 Å². The van der Waals surface area contributed by atoms with Gasteiger partial charge in [0.15, 0.2) is 0 Å². The normalized spacial score (nSPS) is 13.6. The fourth-order valence-corrected chi connectivity index (χ4v) is 1.26. The third-order valence-electron chi connectivity index (χ3n) is 2.16. The van der Waals surface area contributed by atoms with Crippen LogP contribution in [0.4, 0.5) is 0 Å². The number of hydrogen-bond acceptors (Lipinski definition) is 2. The lowest BCUT2D eigenvalue weighted by molar-refractivity contribution is 0.512. The summed E-state index contributed by atoms with van der Waals surface area (Å²) in [7, 11) is 0. The number of nitrogens with two attached hydrogens (primary N) is 1. The highest BCUT2D eigenvalue weighted by Gasteiger charge is 1.95. The van der Waals surface area contributed by atoms with E-state index in [2.05, 4.69) is 26.1 Å². The van der Waals surface area contributed by atoms with Gasteiger partial charge in [-0.2, -0.15) is 0 Å². The quantitative estimate of drug-likeness (QED) is 0.570. The van der Waals surface area contributed by atoms with Crippen molar-refractivity contribution in [2.45, 2.75) is 52.5 Å². The Morgan fingerprint density at radius 1 is 1.00 bits per heavy atom. The number of hydrogen-bond donors (Lipinski definition) is 2. The maximum atomic E-state index is 5.63. The predicted molar refractivity (Wildman–Crippen MR) is 59.8 cm³/mol. The first-order valence-corrected chi connectivity index (χ1v) is 5.59. The molecule has 13 heavy (non-hydrogen) atoms. The van der Waals surface area contributed by atoms with E-state index < -0.39 is 0 Å². The van der Waals surface area contributed by atoms with Crippen LogP contribution in [0.25, 0.3) is 0 Å². The monoisotopic (exact) mass is 186 g/mol. The van der Waals surface area contributed by atoms with Crippen molar-refractivity contribution in [3.05, 3.63) is 0 Å². The van der Waals surface area contributed by atoms with Crippen LogP contribution < -0.4 is 11.1 Å². The van der Waals surface area contributed by atoms with E-state index in [0.29, 0.717) is 6.04 Å². The SMILES string of the molecule is CC(C)CCCCNCCC(C)N.